The number of anilines is 2. The summed E-state index contributed by atoms with van der Waals surface area (Å²) in [6.45, 7) is 10.6. The van der Waals surface area contributed by atoms with Crippen molar-refractivity contribution >= 4 is 40.9 Å². The van der Waals surface area contributed by atoms with Crippen molar-refractivity contribution in [2.45, 2.75) is 33.1 Å². The van der Waals surface area contributed by atoms with Gasteiger partial charge in [-0.15, -0.1) is 0 Å². The molecule has 2 aromatic carbocycles. The fraction of sp³-hybridized carbons (Fsp3) is 0.386. The molecule has 2 fully saturated rings. The van der Waals surface area contributed by atoms with Gasteiger partial charge in [-0.25, -0.2) is 18.4 Å². The van der Waals surface area contributed by atoms with Gasteiger partial charge in [-0.2, -0.15) is 13.2 Å². The number of rotatable bonds is 13. The lowest BCUT2D eigenvalue weighted by Crippen LogP contribution is -2.52. The Morgan fingerprint density at radius 3 is 1.41 bits per heavy atom. The summed E-state index contributed by atoms with van der Waals surface area (Å²) in [6, 6.07) is 17.2. The van der Waals surface area contributed by atoms with Gasteiger partial charge in [0.25, 0.3) is 0 Å². The summed E-state index contributed by atoms with van der Waals surface area (Å²) in [7, 11) is 0. The number of nitrogens with two attached hydrogens (primary N) is 1. The normalized spacial score (nSPS) is 14.6. The lowest BCUT2D eigenvalue weighted by Gasteiger charge is -2.37. The van der Waals surface area contributed by atoms with Gasteiger partial charge in [-0.05, 0) is 73.8 Å². The number of carbonyl (C=O) groups excluding carboxylic acids is 5. The van der Waals surface area contributed by atoms with Gasteiger partial charge >= 0.3 is 24.1 Å². The molecule has 4 heterocycles. The van der Waals surface area contributed by atoms with Crippen LogP contribution >= 0.6 is 0 Å². The zero-order valence-electron chi connectivity index (χ0n) is 35.6. The predicted molar refractivity (Wildman–Crippen MR) is 229 cm³/mol. The van der Waals surface area contributed by atoms with Crippen molar-refractivity contribution in [3.8, 4) is 0 Å². The molecule has 0 saturated carbocycles. The van der Waals surface area contributed by atoms with Crippen molar-refractivity contribution in [2.75, 3.05) is 88.3 Å². The first-order chi connectivity index (χ1) is 30.6. The summed E-state index contributed by atoms with van der Waals surface area (Å²) in [5.41, 5.74) is 7.59. The van der Waals surface area contributed by atoms with E-state index in [4.69, 9.17) is 5.73 Å². The lowest BCUT2D eigenvalue weighted by atomic mass is 10.1. The van der Waals surface area contributed by atoms with Crippen molar-refractivity contribution < 1.29 is 45.9 Å². The van der Waals surface area contributed by atoms with E-state index in [1.807, 2.05) is 6.92 Å². The van der Waals surface area contributed by atoms with E-state index in [0.29, 0.717) is 54.5 Å². The van der Waals surface area contributed by atoms with Crippen molar-refractivity contribution in [1.29, 1.82) is 0 Å². The average molecular weight is 895 g/mol. The maximum Gasteiger partial charge on any atom is 0.471 e. The van der Waals surface area contributed by atoms with Crippen LogP contribution in [0.3, 0.4) is 0 Å². The molecule has 20 heteroatoms. The minimum absolute atomic E-state index is 0.00413. The topological polar surface area (TPSA) is 169 Å². The predicted octanol–water partition coefficient (Wildman–Crippen LogP) is 4.97. The van der Waals surface area contributed by atoms with E-state index in [0.717, 1.165) is 45.5 Å². The van der Waals surface area contributed by atoms with Crippen LogP contribution in [0.2, 0.25) is 0 Å². The maximum atomic E-state index is 13.9. The summed E-state index contributed by atoms with van der Waals surface area (Å²) in [5.74, 6) is -4.08. The molecule has 0 aliphatic carbocycles. The molecule has 0 atom stereocenters. The second-order valence-electron chi connectivity index (χ2n) is 14.8. The summed E-state index contributed by atoms with van der Waals surface area (Å²) in [4.78, 5) is 80.5. The van der Waals surface area contributed by atoms with E-state index in [9.17, 15) is 45.9 Å². The maximum absolute atomic E-state index is 13.9. The van der Waals surface area contributed by atoms with Gasteiger partial charge in [0.05, 0.1) is 37.6 Å². The fourth-order valence-electron chi connectivity index (χ4n) is 6.85. The first kappa shape index (κ1) is 48.6. The van der Waals surface area contributed by atoms with Crippen molar-refractivity contribution in [1.82, 2.24) is 34.9 Å². The Morgan fingerprint density at radius 1 is 0.641 bits per heavy atom. The summed E-state index contributed by atoms with van der Waals surface area (Å²) >= 11 is 0. The molecule has 3 N–H and O–H groups in total. The highest BCUT2D eigenvalue weighted by molar-refractivity contribution is 6.00. The second kappa shape index (κ2) is 22.8. The number of hydrogen-bond donors (Lipinski definition) is 2. The van der Waals surface area contributed by atoms with Crippen LogP contribution in [0.25, 0.3) is 0 Å². The van der Waals surface area contributed by atoms with Gasteiger partial charge in [0.15, 0.2) is 11.6 Å². The van der Waals surface area contributed by atoms with Gasteiger partial charge in [-0.1, -0.05) is 26.0 Å². The molecular weight excluding hydrogens is 844 g/mol. The Bertz CT molecular complexity index is 2220. The largest absolute Gasteiger partial charge is 0.471 e. The van der Waals surface area contributed by atoms with E-state index < -0.39 is 36.0 Å². The monoisotopic (exact) mass is 894 g/mol. The van der Waals surface area contributed by atoms with Gasteiger partial charge in [0, 0.05) is 87.3 Å². The number of urea groups is 2. The molecule has 0 spiro atoms. The van der Waals surface area contributed by atoms with E-state index in [2.05, 4.69) is 26.7 Å². The first-order valence-corrected chi connectivity index (χ1v) is 20.7. The number of carbonyl (C=O) groups is 5. The number of hydrogen-bond acceptors (Lipinski definition) is 10. The molecule has 5 amide bonds. The SMILES string of the molecule is CCN1CCN(C(=O)N(Cc2ccc(C(=O)CN)cn2)c2cccc(F)c2)CC1.CCN1CCN(C(=O)N(Cc2ccc(C(=O)CNC(=O)C(F)(F)F)cn2)c2cccc(F)c2)CC1. The standard InChI is InChI=1S/C23H25F4N5O3.C21H26FN5O2/c1-2-30-8-10-31(11-9-30)22(35)32(19-5-3-4-17(24)12-19)15-18-7-6-16(13-28-18)20(33)14-29-21(34)23(25,26)27;1-2-25-8-10-26(11-9-25)21(29)27(19-5-3-4-17(22)12-19)15-18-7-6-16(14-24-18)20(28)13-23/h3-7,12-13H,2,8-11,14-15H2,1H3,(H,29,34);3-7,12,14H,2,8-11,13,15,23H2,1H3. The average Bonchev–Trinajstić information content (AvgIpc) is 3.31. The fourth-order valence-corrected chi connectivity index (χ4v) is 6.85. The third-order valence-electron chi connectivity index (χ3n) is 10.7. The van der Waals surface area contributed by atoms with Gasteiger partial charge in [-0.3, -0.25) is 34.2 Å². The number of Topliss-reactive ketones (excluding diaryl/α,β-unsaturated/α-hetero) is 2. The lowest BCUT2D eigenvalue weighted by molar-refractivity contribution is -0.173. The first-order valence-electron chi connectivity index (χ1n) is 20.7. The molecule has 2 aliphatic rings. The minimum Gasteiger partial charge on any atom is -0.341 e. The molecule has 64 heavy (non-hydrogen) atoms. The number of nitrogens with zero attached hydrogens (tertiary/aromatic N) is 8. The van der Waals surface area contributed by atoms with Crippen LogP contribution in [0.15, 0.2) is 85.2 Å². The number of piperazine rings is 2. The third kappa shape index (κ3) is 13.6. The molecule has 2 aliphatic heterocycles. The highest BCUT2D eigenvalue weighted by Gasteiger charge is 2.38. The van der Waals surface area contributed by atoms with Crippen LogP contribution in [0.4, 0.5) is 42.9 Å². The van der Waals surface area contributed by atoms with Gasteiger partial charge in [0.2, 0.25) is 0 Å². The molecule has 6 rings (SSSR count). The Hall–Kier alpha value is -6.38. The smallest absolute Gasteiger partial charge is 0.341 e. The van der Waals surface area contributed by atoms with Crippen LogP contribution in [-0.4, -0.2) is 144 Å². The quantitative estimate of drug-likeness (QED) is 0.138. The number of halogens is 5. The third-order valence-corrected chi connectivity index (χ3v) is 10.7. The number of amides is 5. The second-order valence-corrected chi connectivity index (χ2v) is 14.8. The van der Waals surface area contributed by atoms with E-state index in [1.54, 1.807) is 40.1 Å². The van der Waals surface area contributed by atoms with Crippen molar-refractivity contribution in [2.24, 2.45) is 5.73 Å². The molecule has 0 bridgehead atoms. The molecular formula is C44H51F5N10O5. The summed E-state index contributed by atoms with van der Waals surface area (Å²) in [6.07, 6.45) is -2.47. The van der Waals surface area contributed by atoms with Crippen LogP contribution in [0.1, 0.15) is 46.0 Å². The molecule has 2 aromatic heterocycles. The van der Waals surface area contributed by atoms with Gasteiger partial charge < -0.3 is 30.7 Å². The van der Waals surface area contributed by atoms with Crippen molar-refractivity contribution in [3.05, 3.63) is 119 Å². The van der Waals surface area contributed by atoms with Gasteiger partial charge in [0.1, 0.15) is 11.6 Å². The van der Waals surface area contributed by atoms with Crippen LogP contribution in [0, 0.1) is 11.6 Å². The van der Waals surface area contributed by atoms with Crippen LogP contribution in [-0.2, 0) is 17.9 Å². The molecule has 4 aromatic rings. The van der Waals surface area contributed by atoms with E-state index in [1.165, 1.54) is 63.8 Å². The Balaban J connectivity index is 0.000000245. The Morgan fingerprint density at radius 2 is 1.06 bits per heavy atom. The number of likely N-dealkylation sites (N-methyl/N-ethyl adjacent to an activating group) is 2. The number of alkyl halides is 3. The Kier molecular flexibility index (Phi) is 17.3. The number of pyridine rings is 2. The molecule has 0 unspecified atom stereocenters. The number of nitrogens with one attached hydrogen (secondary N) is 1. The zero-order valence-corrected chi connectivity index (χ0v) is 35.6. The molecule has 0 radical (unpaired) electrons. The molecule has 15 nitrogen and oxygen atoms in total. The summed E-state index contributed by atoms with van der Waals surface area (Å²) in [5, 5.41) is 1.51. The minimum atomic E-state index is -5.08. The van der Waals surface area contributed by atoms with E-state index in [-0.39, 0.29) is 43.0 Å². The van der Waals surface area contributed by atoms with E-state index >= 15 is 0 Å². The van der Waals surface area contributed by atoms with Crippen molar-refractivity contribution in [3.63, 3.8) is 0 Å². The molecule has 2 saturated heterocycles. The zero-order chi connectivity index (χ0) is 46.4. The van der Waals surface area contributed by atoms with Crippen LogP contribution < -0.4 is 20.9 Å². The number of ketones is 2. The number of aromatic nitrogens is 2. The highest BCUT2D eigenvalue weighted by Crippen LogP contribution is 2.23. The van der Waals surface area contributed by atoms with Crippen LogP contribution in [0.5, 0.6) is 0 Å². The summed E-state index contributed by atoms with van der Waals surface area (Å²) < 4.78 is 64.6. The highest BCUT2D eigenvalue weighted by atomic mass is 19.4. The Labute approximate surface area is 367 Å². The molecule has 342 valence electrons. The number of benzene rings is 2.